The first-order chi connectivity index (χ1) is 11.8. The number of nitrogens with one attached hydrogen (secondary N) is 2. The highest BCUT2D eigenvalue weighted by Crippen LogP contribution is 2.62. The molecule has 4 rings (SSSR count). The lowest BCUT2D eigenvalue weighted by Crippen LogP contribution is -2.72. The van der Waals surface area contributed by atoms with Crippen molar-refractivity contribution in [2.24, 2.45) is 16.3 Å². The van der Waals surface area contributed by atoms with Crippen LogP contribution in [0.15, 0.2) is 4.99 Å². The molecule has 0 amide bonds. The van der Waals surface area contributed by atoms with Crippen LogP contribution in [0.1, 0.15) is 38.5 Å². The highest BCUT2D eigenvalue weighted by Gasteiger charge is 2.66. The Morgan fingerprint density at radius 2 is 2.21 bits per heavy atom. The number of fused-ring (bicyclic) bond motifs is 2. The molecule has 2 heterocycles. The quantitative estimate of drug-likeness (QED) is 0.435. The van der Waals surface area contributed by atoms with Crippen LogP contribution in [0.3, 0.4) is 0 Å². The van der Waals surface area contributed by atoms with Gasteiger partial charge < -0.3 is 24.8 Å². The maximum atomic E-state index is 5.99. The zero-order chi connectivity index (χ0) is 16.4. The van der Waals surface area contributed by atoms with E-state index in [-0.39, 0.29) is 0 Å². The van der Waals surface area contributed by atoms with Gasteiger partial charge in [-0.05, 0) is 32.1 Å². The summed E-state index contributed by atoms with van der Waals surface area (Å²) in [5, 5.41) is 7.14. The van der Waals surface area contributed by atoms with Gasteiger partial charge >= 0.3 is 0 Å². The molecule has 2 aliphatic carbocycles. The van der Waals surface area contributed by atoms with Crippen molar-refractivity contribution in [1.82, 2.24) is 10.6 Å². The van der Waals surface area contributed by atoms with E-state index < -0.39 is 0 Å². The number of guanidine groups is 1. The fourth-order valence-electron chi connectivity index (χ4n) is 4.97. The molecule has 4 atom stereocenters. The fourth-order valence-corrected chi connectivity index (χ4v) is 4.97. The first-order valence-corrected chi connectivity index (χ1v) is 9.62. The van der Waals surface area contributed by atoms with Crippen LogP contribution in [0.4, 0.5) is 0 Å². The third-order valence-electron chi connectivity index (χ3n) is 6.41. The molecule has 0 aromatic heterocycles. The second kappa shape index (κ2) is 7.18. The monoisotopic (exact) mass is 337 g/mol. The molecule has 4 fully saturated rings. The Morgan fingerprint density at radius 1 is 1.29 bits per heavy atom. The number of nitrogens with zero attached hydrogens (tertiary/aromatic N) is 1. The van der Waals surface area contributed by atoms with Crippen LogP contribution < -0.4 is 10.6 Å². The van der Waals surface area contributed by atoms with Gasteiger partial charge in [-0.1, -0.05) is 6.42 Å². The summed E-state index contributed by atoms with van der Waals surface area (Å²) in [6, 6.07) is 0.539. The molecule has 136 valence electrons. The van der Waals surface area contributed by atoms with Gasteiger partial charge in [0.1, 0.15) is 0 Å². The van der Waals surface area contributed by atoms with E-state index in [1.54, 1.807) is 0 Å². The third kappa shape index (κ3) is 2.93. The van der Waals surface area contributed by atoms with E-state index in [1.165, 1.54) is 25.7 Å². The Hall–Kier alpha value is -0.850. The average molecular weight is 337 g/mol. The van der Waals surface area contributed by atoms with Crippen LogP contribution in [0.2, 0.25) is 0 Å². The van der Waals surface area contributed by atoms with Gasteiger partial charge in [-0.15, -0.1) is 0 Å². The van der Waals surface area contributed by atoms with Gasteiger partial charge in [0.05, 0.1) is 18.8 Å². The predicted octanol–water partition coefficient (Wildman–Crippen LogP) is 1.30. The molecule has 24 heavy (non-hydrogen) atoms. The van der Waals surface area contributed by atoms with Gasteiger partial charge in [0.15, 0.2) is 5.96 Å². The average Bonchev–Trinajstić information content (AvgIpc) is 3.19. The fraction of sp³-hybridized carbons (Fsp3) is 0.944. The summed E-state index contributed by atoms with van der Waals surface area (Å²) < 4.78 is 17.1. The third-order valence-corrected chi connectivity index (χ3v) is 6.41. The van der Waals surface area contributed by atoms with Gasteiger partial charge in [-0.3, -0.25) is 4.99 Å². The van der Waals surface area contributed by atoms with Gasteiger partial charge in [0.25, 0.3) is 0 Å². The summed E-state index contributed by atoms with van der Waals surface area (Å²) in [4.78, 5) is 4.42. The summed E-state index contributed by atoms with van der Waals surface area (Å²) in [5.74, 6) is 1.61. The lowest BCUT2D eigenvalue weighted by molar-refractivity contribution is -0.171. The molecule has 0 bridgehead atoms. The lowest BCUT2D eigenvalue weighted by Gasteiger charge is -2.63. The Bertz CT molecular complexity index is 460. The highest BCUT2D eigenvalue weighted by atomic mass is 16.5. The Morgan fingerprint density at radius 3 is 2.92 bits per heavy atom. The van der Waals surface area contributed by atoms with Gasteiger partial charge in [-0.2, -0.15) is 0 Å². The van der Waals surface area contributed by atoms with Crippen molar-refractivity contribution in [3.05, 3.63) is 0 Å². The number of hydrogen-bond donors (Lipinski definition) is 2. The van der Waals surface area contributed by atoms with Crippen molar-refractivity contribution in [2.45, 2.75) is 56.8 Å². The second-order valence-electron chi connectivity index (χ2n) is 7.66. The molecular weight excluding hydrogens is 306 g/mol. The van der Waals surface area contributed by atoms with E-state index in [4.69, 9.17) is 14.2 Å². The molecule has 1 spiro atoms. The molecule has 2 aliphatic heterocycles. The molecule has 2 N–H and O–H groups in total. The molecule has 2 saturated heterocycles. The van der Waals surface area contributed by atoms with Crippen molar-refractivity contribution >= 4 is 5.96 Å². The largest absolute Gasteiger partial charge is 0.379 e. The van der Waals surface area contributed by atoms with Gasteiger partial charge in [0, 0.05) is 50.8 Å². The number of aliphatic imine (C=N–C) groups is 1. The normalized spacial score (nSPS) is 37.0. The Labute approximate surface area is 144 Å². The van der Waals surface area contributed by atoms with Gasteiger partial charge in [-0.25, -0.2) is 0 Å². The maximum Gasteiger partial charge on any atom is 0.191 e. The Kier molecular flexibility index (Phi) is 4.97. The summed E-state index contributed by atoms with van der Waals surface area (Å²) in [6.45, 7) is 4.20. The lowest BCUT2D eigenvalue weighted by atomic mass is 9.46. The first kappa shape index (κ1) is 16.6. The SMILES string of the molecule is CN=C(NCCCOC1CCOC1)NC1C2CCOC2C12CCC2. The minimum absolute atomic E-state index is 0.301. The van der Waals surface area contributed by atoms with Gasteiger partial charge in [0.2, 0.25) is 0 Å². The molecule has 4 aliphatic rings. The van der Waals surface area contributed by atoms with Crippen molar-refractivity contribution < 1.29 is 14.2 Å². The molecule has 2 saturated carbocycles. The second-order valence-corrected chi connectivity index (χ2v) is 7.66. The molecule has 4 unspecified atom stereocenters. The van der Waals surface area contributed by atoms with Crippen LogP contribution in [-0.2, 0) is 14.2 Å². The predicted molar refractivity (Wildman–Crippen MR) is 92.2 cm³/mol. The zero-order valence-corrected chi connectivity index (χ0v) is 14.8. The maximum absolute atomic E-state index is 5.99. The van der Waals surface area contributed by atoms with Crippen LogP contribution in [0.5, 0.6) is 0 Å². The molecular formula is C18H31N3O3. The minimum Gasteiger partial charge on any atom is -0.379 e. The topological polar surface area (TPSA) is 64.1 Å². The molecule has 0 radical (unpaired) electrons. The van der Waals surface area contributed by atoms with E-state index >= 15 is 0 Å². The number of ether oxygens (including phenoxy) is 3. The van der Waals surface area contributed by atoms with E-state index in [2.05, 4.69) is 15.6 Å². The minimum atomic E-state index is 0.301. The number of rotatable bonds is 6. The summed E-state index contributed by atoms with van der Waals surface area (Å²) in [6.07, 6.45) is 7.98. The summed E-state index contributed by atoms with van der Waals surface area (Å²) in [5.41, 5.74) is 0.393. The summed E-state index contributed by atoms with van der Waals surface area (Å²) in [7, 11) is 1.86. The van der Waals surface area contributed by atoms with Crippen molar-refractivity contribution in [3.63, 3.8) is 0 Å². The van der Waals surface area contributed by atoms with Crippen LogP contribution in [0, 0.1) is 11.3 Å². The smallest absolute Gasteiger partial charge is 0.191 e. The Balaban J connectivity index is 1.19. The van der Waals surface area contributed by atoms with Crippen molar-refractivity contribution in [3.8, 4) is 0 Å². The van der Waals surface area contributed by atoms with Crippen LogP contribution in [-0.4, -0.2) is 64.2 Å². The standard InChI is InChI=1S/C18H31N3O3/c1-19-17(20-8-3-9-23-13-4-10-22-12-13)21-15-14-5-11-24-16(14)18(15)6-2-7-18/h13-16H,2-12H2,1H3,(H2,19,20,21). The van der Waals surface area contributed by atoms with Crippen molar-refractivity contribution in [1.29, 1.82) is 0 Å². The highest BCUT2D eigenvalue weighted by molar-refractivity contribution is 5.80. The van der Waals surface area contributed by atoms with Crippen LogP contribution >= 0.6 is 0 Å². The number of hydrogen-bond acceptors (Lipinski definition) is 4. The van der Waals surface area contributed by atoms with E-state index in [0.29, 0.717) is 29.6 Å². The molecule has 6 heteroatoms. The zero-order valence-electron chi connectivity index (χ0n) is 14.8. The van der Waals surface area contributed by atoms with E-state index in [0.717, 1.165) is 51.8 Å². The van der Waals surface area contributed by atoms with Crippen LogP contribution in [0.25, 0.3) is 0 Å². The first-order valence-electron chi connectivity index (χ1n) is 9.62. The molecule has 0 aromatic carbocycles. The molecule has 0 aromatic rings. The molecule has 6 nitrogen and oxygen atoms in total. The van der Waals surface area contributed by atoms with E-state index in [1.807, 2.05) is 7.05 Å². The van der Waals surface area contributed by atoms with E-state index in [9.17, 15) is 0 Å². The summed E-state index contributed by atoms with van der Waals surface area (Å²) >= 11 is 0. The van der Waals surface area contributed by atoms with Crippen molar-refractivity contribution in [2.75, 3.05) is 40.0 Å².